The highest BCUT2D eigenvalue weighted by molar-refractivity contribution is 5.87. The van der Waals surface area contributed by atoms with Gasteiger partial charge in [0.15, 0.2) is 11.5 Å². The number of rotatable bonds is 6. The first kappa shape index (κ1) is 17.4. The standard InChI is InChI=1S/C19H27NO3/c1-5-19(21)20(16-9-7-6-8-14(16)2)13-15-10-11-17(22-3)18(12-15)23-4/h5,10-12,14,16H,1,6-9,13H2,2-4H3/t14-,16-/m0/s1. The third kappa shape index (κ3) is 4.06. The van der Waals surface area contributed by atoms with E-state index < -0.39 is 0 Å². The molecular formula is C19H27NO3. The van der Waals surface area contributed by atoms with Gasteiger partial charge in [-0.25, -0.2) is 0 Å². The van der Waals surface area contributed by atoms with E-state index in [2.05, 4.69) is 13.5 Å². The summed E-state index contributed by atoms with van der Waals surface area (Å²) in [6, 6.07) is 6.09. The van der Waals surface area contributed by atoms with Crippen molar-refractivity contribution in [1.29, 1.82) is 0 Å². The fourth-order valence-corrected chi connectivity index (χ4v) is 3.41. The third-order valence-electron chi connectivity index (χ3n) is 4.73. The van der Waals surface area contributed by atoms with Crippen LogP contribution in [0.5, 0.6) is 11.5 Å². The van der Waals surface area contributed by atoms with Gasteiger partial charge in [-0.05, 0) is 42.5 Å². The Morgan fingerprint density at radius 2 is 1.96 bits per heavy atom. The van der Waals surface area contributed by atoms with Crippen molar-refractivity contribution in [2.75, 3.05) is 14.2 Å². The second-order valence-corrected chi connectivity index (χ2v) is 6.19. The molecule has 0 aliphatic heterocycles. The average Bonchev–Trinajstić information content (AvgIpc) is 2.59. The van der Waals surface area contributed by atoms with E-state index in [1.54, 1.807) is 14.2 Å². The molecule has 4 heteroatoms. The summed E-state index contributed by atoms with van der Waals surface area (Å²) in [5, 5.41) is 0. The van der Waals surface area contributed by atoms with Crippen molar-refractivity contribution in [3.63, 3.8) is 0 Å². The lowest BCUT2D eigenvalue weighted by atomic mass is 9.84. The molecule has 126 valence electrons. The van der Waals surface area contributed by atoms with Crippen LogP contribution in [-0.2, 0) is 11.3 Å². The minimum atomic E-state index is -0.00136. The zero-order valence-electron chi connectivity index (χ0n) is 14.4. The Morgan fingerprint density at radius 3 is 2.57 bits per heavy atom. The lowest BCUT2D eigenvalue weighted by Gasteiger charge is -2.38. The fraction of sp³-hybridized carbons (Fsp3) is 0.526. The highest BCUT2D eigenvalue weighted by Crippen LogP contribution is 2.32. The van der Waals surface area contributed by atoms with Gasteiger partial charge in [-0.2, -0.15) is 0 Å². The number of ether oxygens (including phenoxy) is 2. The van der Waals surface area contributed by atoms with Gasteiger partial charge >= 0.3 is 0 Å². The summed E-state index contributed by atoms with van der Waals surface area (Å²) < 4.78 is 10.6. The highest BCUT2D eigenvalue weighted by Gasteiger charge is 2.29. The maximum Gasteiger partial charge on any atom is 0.246 e. The molecule has 1 fully saturated rings. The van der Waals surface area contributed by atoms with Crippen molar-refractivity contribution in [2.45, 2.75) is 45.2 Å². The summed E-state index contributed by atoms with van der Waals surface area (Å²) in [6.45, 7) is 6.48. The van der Waals surface area contributed by atoms with E-state index in [0.717, 1.165) is 12.0 Å². The predicted molar refractivity (Wildman–Crippen MR) is 91.7 cm³/mol. The first-order valence-corrected chi connectivity index (χ1v) is 8.24. The van der Waals surface area contributed by atoms with E-state index in [0.29, 0.717) is 24.0 Å². The number of carbonyl (C=O) groups is 1. The van der Waals surface area contributed by atoms with E-state index in [-0.39, 0.29) is 11.9 Å². The molecule has 0 radical (unpaired) electrons. The molecule has 0 bridgehead atoms. The van der Waals surface area contributed by atoms with E-state index in [9.17, 15) is 4.79 Å². The lowest BCUT2D eigenvalue weighted by molar-refractivity contribution is -0.130. The molecule has 2 rings (SSSR count). The Balaban J connectivity index is 2.23. The Kier molecular flexibility index (Phi) is 6.08. The normalized spacial score (nSPS) is 20.7. The number of nitrogens with zero attached hydrogens (tertiary/aromatic N) is 1. The largest absolute Gasteiger partial charge is 0.493 e. The molecule has 1 aromatic rings. The SMILES string of the molecule is C=CC(=O)N(Cc1ccc(OC)c(OC)c1)[C@H]1CCCC[C@@H]1C. The minimum absolute atomic E-state index is 0.00136. The number of benzene rings is 1. The van der Waals surface area contributed by atoms with Gasteiger partial charge in [0, 0.05) is 12.6 Å². The number of hydrogen-bond donors (Lipinski definition) is 0. The van der Waals surface area contributed by atoms with Crippen LogP contribution in [0.15, 0.2) is 30.9 Å². The van der Waals surface area contributed by atoms with Crippen LogP contribution in [0.2, 0.25) is 0 Å². The van der Waals surface area contributed by atoms with E-state index >= 15 is 0 Å². The smallest absolute Gasteiger partial charge is 0.246 e. The van der Waals surface area contributed by atoms with Crippen molar-refractivity contribution in [2.24, 2.45) is 5.92 Å². The van der Waals surface area contributed by atoms with Gasteiger partial charge < -0.3 is 14.4 Å². The molecule has 4 nitrogen and oxygen atoms in total. The predicted octanol–water partition coefficient (Wildman–Crippen LogP) is 3.80. The van der Waals surface area contributed by atoms with Crippen LogP contribution < -0.4 is 9.47 Å². The van der Waals surface area contributed by atoms with Gasteiger partial charge in [-0.1, -0.05) is 32.4 Å². The summed E-state index contributed by atoms with van der Waals surface area (Å²) in [5.74, 6) is 1.91. The number of amides is 1. The van der Waals surface area contributed by atoms with Crippen LogP contribution in [-0.4, -0.2) is 31.1 Å². The summed E-state index contributed by atoms with van der Waals surface area (Å²) in [4.78, 5) is 14.3. The summed E-state index contributed by atoms with van der Waals surface area (Å²) in [6.07, 6.45) is 6.10. The molecule has 1 amide bonds. The van der Waals surface area contributed by atoms with Crippen LogP contribution in [0.1, 0.15) is 38.2 Å². The van der Waals surface area contributed by atoms with E-state index in [1.807, 2.05) is 23.1 Å². The summed E-state index contributed by atoms with van der Waals surface area (Å²) >= 11 is 0. The molecular weight excluding hydrogens is 290 g/mol. The van der Waals surface area contributed by atoms with E-state index in [1.165, 1.54) is 25.3 Å². The third-order valence-corrected chi connectivity index (χ3v) is 4.73. The monoisotopic (exact) mass is 317 g/mol. The molecule has 23 heavy (non-hydrogen) atoms. The molecule has 1 saturated carbocycles. The first-order chi connectivity index (χ1) is 11.1. The molecule has 0 heterocycles. The lowest BCUT2D eigenvalue weighted by Crippen LogP contribution is -2.44. The van der Waals surface area contributed by atoms with Gasteiger partial charge in [0.05, 0.1) is 14.2 Å². The topological polar surface area (TPSA) is 38.8 Å². The van der Waals surface area contributed by atoms with Crippen LogP contribution >= 0.6 is 0 Å². The Hall–Kier alpha value is -1.97. The molecule has 0 aromatic heterocycles. The number of methoxy groups -OCH3 is 2. The second-order valence-electron chi connectivity index (χ2n) is 6.19. The van der Waals surface area contributed by atoms with Gasteiger partial charge in [-0.15, -0.1) is 0 Å². The Morgan fingerprint density at radius 1 is 1.26 bits per heavy atom. The quantitative estimate of drug-likeness (QED) is 0.749. The average molecular weight is 317 g/mol. The van der Waals surface area contributed by atoms with Crippen molar-refractivity contribution < 1.29 is 14.3 Å². The van der Waals surface area contributed by atoms with Crippen LogP contribution in [0.4, 0.5) is 0 Å². The first-order valence-electron chi connectivity index (χ1n) is 8.24. The summed E-state index contributed by atoms with van der Waals surface area (Å²) in [7, 11) is 3.24. The Bertz CT molecular complexity index is 556. The maximum atomic E-state index is 12.4. The number of carbonyl (C=O) groups excluding carboxylic acids is 1. The molecule has 2 atom stereocenters. The maximum absolute atomic E-state index is 12.4. The van der Waals surface area contributed by atoms with Gasteiger partial charge in [0.2, 0.25) is 5.91 Å². The molecule has 1 aliphatic rings. The van der Waals surface area contributed by atoms with Crippen molar-refractivity contribution >= 4 is 5.91 Å². The van der Waals surface area contributed by atoms with Gasteiger partial charge in [0.1, 0.15) is 0 Å². The molecule has 1 aliphatic carbocycles. The van der Waals surface area contributed by atoms with Crippen molar-refractivity contribution in [3.8, 4) is 11.5 Å². The van der Waals surface area contributed by atoms with Crippen molar-refractivity contribution in [1.82, 2.24) is 4.90 Å². The zero-order valence-corrected chi connectivity index (χ0v) is 14.4. The highest BCUT2D eigenvalue weighted by atomic mass is 16.5. The van der Waals surface area contributed by atoms with Crippen LogP contribution in [0.25, 0.3) is 0 Å². The molecule has 0 N–H and O–H groups in total. The van der Waals surface area contributed by atoms with Crippen LogP contribution in [0, 0.1) is 5.92 Å². The van der Waals surface area contributed by atoms with E-state index in [4.69, 9.17) is 9.47 Å². The molecule has 0 saturated heterocycles. The molecule has 0 unspecified atom stereocenters. The van der Waals surface area contributed by atoms with Gasteiger partial charge in [-0.3, -0.25) is 4.79 Å². The second kappa shape index (κ2) is 8.04. The molecule has 1 aromatic carbocycles. The van der Waals surface area contributed by atoms with Gasteiger partial charge in [0.25, 0.3) is 0 Å². The fourth-order valence-electron chi connectivity index (χ4n) is 3.41. The Labute approximate surface area is 139 Å². The zero-order chi connectivity index (χ0) is 16.8. The number of hydrogen-bond acceptors (Lipinski definition) is 3. The summed E-state index contributed by atoms with van der Waals surface area (Å²) in [5.41, 5.74) is 1.04. The minimum Gasteiger partial charge on any atom is -0.493 e. The molecule has 0 spiro atoms. The van der Waals surface area contributed by atoms with Crippen LogP contribution in [0.3, 0.4) is 0 Å². The van der Waals surface area contributed by atoms with Crippen molar-refractivity contribution in [3.05, 3.63) is 36.4 Å².